The monoisotopic (exact) mass is 494 g/mol. The summed E-state index contributed by atoms with van der Waals surface area (Å²) in [5.41, 5.74) is 3.42. The number of anilines is 1. The van der Waals surface area contributed by atoms with E-state index in [1.54, 1.807) is 24.3 Å². The Balaban J connectivity index is 1.38. The zero-order valence-electron chi connectivity index (χ0n) is 19.5. The molecule has 0 saturated heterocycles. The minimum atomic E-state index is -3.30. The van der Waals surface area contributed by atoms with Gasteiger partial charge in [0.15, 0.2) is 15.0 Å². The van der Waals surface area contributed by atoms with Gasteiger partial charge in [-0.1, -0.05) is 56.4 Å². The lowest BCUT2D eigenvalue weighted by Crippen LogP contribution is -2.11. The van der Waals surface area contributed by atoms with E-state index >= 15 is 0 Å². The van der Waals surface area contributed by atoms with Crippen LogP contribution in [0, 0.1) is 0 Å². The molecule has 0 aliphatic rings. The number of hydrogen-bond acceptors (Lipinski definition) is 6. The van der Waals surface area contributed by atoms with Gasteiger partial charge in [-0.2, -0.15) is 0 Å². The number of amides is 1. The Labute approximate surface area is 203 Å². The summed E-state index contributed by atoms with van der Waals surface area (Å²) in [5, 5.41) is 3.20. The third kappa shape index (κ3) is 5.63. The second-order valence-electron chi connectivity index (χ2n) is 9.13. The molecule has 1 amide bonds. The van der Waals surface area contributed by atoms with Crippen LogP contribution >= 0.6 is 11.3 Å². The van der Waals surface area contributed by atoms with Crippen LogP contribution in [0.15, 0.2) is 71.6 Å². The third-order valence-corrected chi connectivity index (χ3v) is 7.39. The molecule has 0 aliphatic heterocycles. The first kappa shape index (κ1) is 23.9. The van der Waals surface area contributed by atoms with Gasteiger partial charge in [0.2, 0.25) is 0 Å². The van der Waals surface area contributed by atoms with Crippen LogP contribution in [-0.4, -0.2) is 25.6 Å². The molecule has 4 aromatic rings. The lowest BCUT2D eigenvalue weighted by atomic mass is 9.87. The van der Waals surface area contributed by atoms with Crippen molar-refractivity contribution in [1.29, 1.82) is 0 Å². The van der Waals surface area contributed by atoms with Crippen LogP contribution in [-0.2, 0) is 21.9 Å². The van der Waals surface area contributed by atoms with Crippen LogP contribution in [0.2, 0.25) is 0 Å². The van der Waals surface area contributed by atoms with Crippen molar-refractivity contribution in [3.63, 3.8) is 0 Å². The van der Waals surface area contributed by atoms with Crippen molar-refractivity contribution < 1.29 is 17.9 Å². The Hall–Kier alpha value is -3.23. The van der Waals surface area contributed by atoms with Crippen LogP contribution in [0.25, 0.3) is 10.2 Å². The SMILES string of the molecule is CC(C)(C)c1ccc(OCc2ccc(C(=O)Nc3nc4ccc(S(C)(=O)=O)cc4s3)cc2)cc1. The van der Waals surface area contributed by atoms with E-state index in [4.69, 9.17) is 4.74 Å². The largest absolute Gasteiger partial charge is 0.489 e. The van der Waals surface area contributed by atoms with Gasteiger partial charge in [-0.15, -0.1) is 0 Å². The number of hydrogen-bond donors (Lipinski definition) is 1. The summed E-state index contributed by atoms with van der Waals surface area (Å²) in [6, 6.07) is 20.0. The summed E-state index contributed by atoms with van der Waals surface area (Å²) in [6.07, 6.45) is 1.16. The number of thiazole rings is 1. The first-order valence-electron chi connectivity index (χ1n) is 10.7. The lowest BCUT2D eigenvalue weighted by Gasteiger charge is -2.19. The molecule has 0 unspecified atom stereocenters. The molecule has 1 heterocycles. The molecular weight excluding hydrogens is 468 g/mol. The van der Waals surface area contributed by atoms with E-state index in [0.717, 1.165) is 17.6 Å². The van der Waals surface area contributed by atoms with Crippen molar-refractivity contribution >= 4 is 42.4 Å². The molecule has 0 radical (unpaired) electrons. The molecule has 0 spiro atoms. The molecule has 3 aromatic carbocycles. The number of benzene rings is 3. The summed E-state index contributed by atoms with van der Waals surface area (Å²) < 4.78 is 30.1. The van der Waals surface area contributed by atoms with Crippen molar-refractivity contribution in [1.82, 2.24) is 4.98 Å². The van der Waals surface area contributed by atoms with Gasteiger partial charge in [-0.05, 0) is 59.0 Å². The van der Waals surface area contributed by atoms with E-state index in [2.05, 4.69) is 43.2 Å². The average molecular weight is 495 g/mol. The van der Waals surface area contributed by atoms with Crippen molar-refractivity contribution in [2.45, 2.75) is 37.7 Å². The minimum absolute atomic E-state index is 0.0966. The van der Waals surface area contributed by atoms with Gasteiger partial charge in [0.1, 0.15) is 12.4 Å². The summed E-state index contributed by atoms with van der Waals surface area (Å²) >= 11 is 1.23. The highest BCUT2D eigenvalue weighted by Gasteiger charge is 2.14. The van der Waals surface area contributed by atoms with E-state index in [0.29, 0.717) is 27.5 Å². The molecule has 176 valence electrons. The maximum absolute atomic E-state index is 12.6. The Morgan fingerprint density at radius 1 is 1.00 bits per heavy atom. The van der Waals surface area contributed by atoms with Gasteiger partial charge in [-0.25, -0.2) is 13.4 Å². The van der Waals surface area contributed by atoms with Gasteiger partial charge < -0.3 is 4.74 Å². The number of fused-ring (bicyclic) bond motifs is 1. The molecule has 0 aliphatic carbocycles. The average Bonchev–Trinajstić information content (AvgIpc) is 3.18. The van der Waals surface area contributed by atoms with Crippen LogP contribution < -0.4 is 10.1 Å². The first-order chi connectivity index (χ1) is 16.0. The molecule has 6 nitrogen and oxygen atoms in total. The summed E-state index contributed by atoms with van der Waals surface area (Å²) in [4.78, 5) is 17.3. The molecule has 34 heavy (non-hydrogen) atoms. The van der Waals surface area contributed by atoms with Crippen molar-refractivity contribution in [3.8, 4) is 5.75 Å². The number of nitrogens with one attached hydrogen (secondary N) is 1. The number of ether oxygens (including phenoxy) is 1. The Bertz CT molecular complexity index is 1430. The van der Waals surface area contributed by atoms with E-state index in [9.17, 15) is 13.2 Å². The predicted octanol–water partition coefficient (Wildman–Crippen LogP) is 5.83. The highest BCUT2D eigenvalue weighted by atomic mass is 32.2. The van der Waals surface area contributed by atoms with E-state index in [1.807, 2.05) is 24.3 Å². The molecular formula is C26H26N2O4S2. The van der Waals surface area contributed by atoms with Gasteiger partial charge in [0.25, 0.3) is 5.91 Å². The Morgan fingerprint density at radius 2 is 1.68 bits per heavy atom. The van der Waals surface area contributed by atoms with Crippen LogP contribution in [0.4, 0.5) is 5.13 Å². The number of nitrogens with zero attached hydrogens (tertiary/aromatic N) is 1. The number of aromatic nitrogens is 1. The fourth-order valence-corrected chi connectivity index (χ4v) is 4.95. The highest BCUT2D eigenvalue weighted by Crippen LogP contribution is 2.29. The highest BCUT2D eigenvalue weighted by molar-refractivity contribution is 7.90. The summed E-state index contributed by atoms with van der Waals surface area (Å²) in [6.45, 7) is 6.92. The van der Waals surface area contributed by atoms with Gasteiger partial charge in [0.05, 0.1) is 15.1 Å². The smallest absolute Gasteiger partial charge is 0.257 e. The number of carbonyl (C=O) groups is 1. The van der Waals surface area contributed by atoms with Gasteiger partial charge >= 0.3 is 0 Å². The summed E-state index contributed by atoms with van der Waals surface area (Å²) in [7, 11) is -3.30. The van der Waals surface area contributed by atoms with Crippen molar-refractivity contribution in [2.24, 2.45) is 0 Å². The maximum Gasteiger partial charge on any atom is 0.257 e. The summed E-state index contributed by atoms with van der Waals surface area (Å²) in [5.74, 6) is 0.511. The van der Waals surface area contributed by atoms with E-state index in [-0.39, 0.29) is 16.2 Å². The van der Waals surface area contributed by atoms with Crippen molar-refractivity contribution in [3.05, 3.63) is 83.4 Å². The maximum atomic E-state index is 12.6. The number of rotatable bonds is 6. The second kappa shape index (κ2) is 9.19. The molecule has 0 atom stereocenters. The fourth-order valence-electron chi connectivity index (χ4n) is 3.33. The number of carbonyl (C=O) groups excluding carboxylic acids is 1. The topological polar surface area (TPSA) is 85.4 Å². The Kier molecular flexibility index (Phi) is 6.47. The zero-order valence-corrected chi connectivity index (χ0v) is 21.1. The van der Waals surface area contributed by atoms with Crippen LogP contribution in [0.3, 0.4) is 0 Å². The molecule has 8 heteroatoms. The van der Waals surface area contributed by atoms with Gasteiger partial charge in [0, 0.05) is 11.8 Å². The third-order valence-electron chi connectivity index (χ3n) is 5.35. The van der Waals surface area contributed by atoms with Crippen LogP contribution in [0.1, 0.15) is 42.3 Å². The molecule has 1 N–H and O–H groups in total. The molecule has 4 rings (SSSR count). The lowest BCUT2D eigenvalue weighted by molar-refractivity contribution is 0.102. The normalized spacial score (nSPS) is 12.0. The number of sulfone groups is 1. The standard InChI is InChI=1S/C26H26N2O4S2/c1-26(2,3)19-9-11-20(12-10-19)32-16-17-5-7-18(8-6-17)24(29)28-25-27-22-14-13-21(34(4,30)31)15-23(22)33-25/h5-15H,16H2,1-4H3,(H,27,28,29). The Morgan fingerprint density at radius 3 is 2.29 bits per heavy atom. The quantitative estimate of drug-likeness (QED) is 0.365. The molecule has 0 fully saturated rings. The van der Waals surface area contributed by atoms with E-state index in [1.165, 1.54) is 23.0 Å². The fraction of sp³-hybridized carbons (Fsp3) is 0.231. The van der Waals surface area contributed by atoms with Crippen LogP contribution in [0.5, 0.6) is 5.75 Å². The molecule has 0 bridgehead atoms. The van der Waals surface area contributed by atoms with Gasteiger partial charge in [-0.3, -0.25) is 10.1 Å². The first-order valence-corrected chi connectivity index (χ1v) is 13.4. The predicted molar refractivity (Wildman–Crippen MR) is 137 cm³/mol. The molecule has 0 saturated carbocycles. The minimum Gasteiger partial charge on any atom is -0.489 e. The van der Waals surface area contributed by atoms with Crippen molar-refractivity contribution in [2.75, 3.05) is 11.6 Å². The zero-order chi connectivity index (χ0) is 24.5. The second-order valence-corrected chi connectivity index (χ2v) is 12.2. The van der Waals surface area contributed by atoms with E-state index < -0.39 is 9.84 Å². The molecule has 1 aromatic heterocycles.